The van der Waals surface area contributed by atoms with Crippen LogP contribution in [-0.4, -0.2) is 34.4 Å². The van der Waals surface area contributed by atoms with E-state index in [1.165, 1.54) is 12.5 Å². The molecule has 0 saturated carbocycles. The lowest BCUT2D eigenvalue weighted by atomic mass is 9.91. The Labute approximate surface area is 238 Å². The van der Waals surface area contributed by atoms with Gasteiger partial charge in [-0.05, 0) is 41.5 Å². The van der Waals surface area contributed by atoms with E-state index in [-0.39, 0.29) is 24.1 Å². The van der Waals surface area contributed by atoms with Gasteiger partial charge in [-0.25, -0.2) is 5.43 Å². The first-order chi connectivity index (χ1) is 19.6. The number of nitrogens with one attached hydrogen (secondary N) is 2. The maximum Gasteiger partial charge on any atom is 0.261 e. The minimum Gasteiger partial charge on any atom is -0.463 e. The molecule has 5 aromatic rings. The number of fused-ring (bicyclic) bond motifs is 1. The van der Waals surface area contributed by atoms with Gasteiger partial charge in [0, 0.05) is 27.4 Å². The van der Waals surface area contributed by atoms with E-state index >= 15 is 0 Å². The van der Waals surface area contributed by atoms with Crippen LogP contribution in [0.3, 0.4) is 0 Å². The lowest BCUT2D eigenvalue weighted by molar-refractivity contribution is -0.122. The van der Waals surface area contributed by atoms with Crippen molar-refractivity contribution in [2.45, 2.75) is 12.5 Å². The third-order valence-electron chi connectivity index (χ3n) is 6.74. The van der Waals surface area contributed by atoms with E-state index in [1.54, 1.807) is 17.1 Å². The Hall–Kier alpha value is -4.76. The van der Waals surface area contributed by atoms with Gasteiger partial charge in [0.25, 0.3) is 11.5 Å². The largest absolute Gasteiger partial charge is 0.463 e. The van der Waals surface area contributed by atoms with Gasteiger partial charge in [0.1, 0.15) is 12.3 Å². The van der Waals surface area contributed by atoms with Gasteiger partial charge in [0.15, 0.2) is 0 Å². The summed E-state index contributed by atoms with van der Waals surface area (Å²) in [5.74, 6) is 0.188. The van der Waals surface area contributed by atoms with Crippen LogP contribution in [0.4, 0.5) is 0 Å². The molecule has 198 valence electrons. The number of pyridine rings is 1. The van der Waals surface area contributed by atoms with Crippen LogP contribution in [0, 0.1) is 0 Å². The summed E-state index contributed by atoms with van der Waals surface area (Å²) < 4.78 is 6.12. The Bertz CT molecular complexity index is 1780. The van der Waals surface area contributed by atoms with E-state index in [1.807, 2.05) is 78.9 Å². The van der Waals surface area contributed by atoms with E-state index in [0.29, 0.717) is 23.5 Å². The highest BCUT2D eigenvalue weighted by Gasteiger charge is 2.33. The highest BCUT2D eigenvalue weighted by Crippen LogP contribution is 2.37. The summed E-state index contributed by atoms with van der Waals surface area (Å²) in [5, 5.41) is 11.5. The van der Waals surface area contributed by atoms with Crippen LogP contribution in [0.25, 0.3) is 22.0 Å². The summed E-state index contributed by atoms with van der Waals surface area (Å²) in [6, 6.07) is 28.7. The number of benzene rings is 3. The van der Waals surface area contributed by atoms with Gasteiger partial charge in [-0.1, -0.05) is 76.6 Å². The van der Waals surface area contributed by atoms with Crippen LogP contribution in [0.5, 0.6) is 0 Å². The molecule has 6 rings (SSSR count). The molecule has 9 heteroatoms. The molecule has 0 saturated heterocycles. The number of halogens is 1. The minimum atomic E-state index is -0.339. The number of carbonyl (C=O) groups excluding carboxylic acids is 1. The molecule has 0 spiro atoms. The van der Waals surface area contributed by atoms with Gasteiger partial charge >= 0.3 is 0 Å². The monoisotopic (exact) mass is 593 g/mol. The average molecular weight is 594 g/mol. The Kier molecular flexibility index (Phi) is 7.11. The number of amides is 1. The van der Waals surface area contributed by atoms with Gasteiger partial charge in [-0.15, -0.1) is 0 Å². The molecule has 0 bridgehead atoms. The van der Waals surface area contributed by atoms with Gasteiger partial charge < -0.3 is 9.40 Å². The molecule has 0 unspecified atom stereocenters. The van der Waals surface area contributed by atoms with Gasteiger partial charge in [-0.2, -0.15) is 10.2 Å². The second kappa shape index (κ2) is 11.2. The maximum atomic E-state index is 13.7. The molecule has 1 amide bonds. The van der Waals surface area contributed by atoms with Crippen molar-refractivity contribution in [3.05, 3.63) is 129 Å². The predicted octanol–water partition coefficient (Wildman–Crippen LogP) is 5.85. The zero-order chi connectivity index (χ0) is 27.5. The van der Waals surface area contributed by atoms with E-state index < -0.39 is 0 Å². The second-order valence-corrected chi connectivity index (χ2v) is 10.3. The first-order valence-electron chi connectivity index (χ1n) is 12.7. The maximum absolute atomic E-state index is 13.7. The number of furan rings is 1. The van der Waals surface area contributed by atoms with Gasteiger partial charge in [0.2, 0.25) is 0 Å². The average Bonchev–Trinajstić information content (AvgIpc) is 3.64. The Balaban J connectivity index is 1.41. The number of H-pyrrole nitrogens is 1. The number of hydrogen-bond acceptors (Lipinski definition) is 6. The normalized spacial score (nSPS) is 15.1. The van der Waals surface area contributed by atoms with E-state index in [9.17, 15) is 9.59 Å². The minimum absolute atomic E-state index is 0.0454. The highest BCUT2D eigenvalue weighted by molar-refractivity contribution is 9.10. The molecule has 1 aliphatic rings. The number of aromatic nitrogens is 1. The molecule has 2 aromatic heterocycles. The van der Waals surface area contributed by atoms with Crippen molar-refractivity contribution in [3.63, 3.8) is 0 Å². The van der Waals surface area contributed by atoms with E-state index in [0.717, 1.165) is 32.1 Å². The fraction of sp³-hybridized carbons (Fsp3) is 0.0968. The van der Waals surface area contributed by atoms with Crippen molar-refractivity contribution in [3.8, 4) is 11.1 Å². The molecule has 8 nitrogen and oxygen atoms in total. The Morgan fingerprint density at radius 3 is 2.58 bits per heavy atom. The lowest BCUT2D eigenvalue weighted by Crippen LogP contribution is -2.32. The first kappa shape index (κ1) is 25.5. The summed E-state index contributed by atoms with van der Waals surface area (Å²) in [5.41, 5.74) is 6.87. The molecular formula is C31H24BrN5O3. The molecular weight excluding hydrogens is 570 g/mol. The molecule has 3 aromatic carbocycles. The number of hydrazone groups is 2. The summed E-state index contributed by atoms with van der Waals surface area (Å²) in [7, 11) is 0. The third-order valence-corrected chi connectivity index (χ3v) is 7.23. The molecule has 0 radical (unpaired) electrons. The number of hydrogen-bond donors (Lipinski definition) is 2. The van der Waals surface area contributed by atoms with Crippen molar-refractivity contribution in [1.82, 2.24) is 15.4 Å². The summed E-state index contributed by atoms with van der Waals surface area (Å²) in [6.07, 6.45) is 3.42. The summed E-state index contributed by atoms with van der Waals surface area (Å²) in [6.45, 7) is -0.0454. The third kappa shape index (κ3) is 5.23. The van der Waals surface area contributed by atoms with Crippen LogP contribution in [-0.2, 0) is 4.79 Å². The van der Waals surface area contributed by atoms with Crippen LogP contribution in [0.15, 0.2) is 121 Å². The second-order valence-electron chi connectivity index (χ2n) is 9.34. The van der Waals surface area contributed by atoms with Crippen molar-refractivity contribution in [2.24, 2.45) is 10.2 Å². The summed E-state index contributed by atoms with van der Waals surface area (Å²) >= 11 is 3.58. The standard InChI is InChI=1S/C31H24BrN5O3/c32-22-13-14-25-24(16-22)29(21-10-5-2-6-11-21)30(31(39)34-25)26-17-27(20-8-3-1-4-9-20)37(36-26)19-28(38)35-33-18-23-12-7-15-40-23/h1-16,18,27H,17,19H2,(H,34,39)(H,35,38)/t27-/m1/s1. The number of nitrogens with zero attached hydrogens (tertiary/aromatic N) is 3. The topological polar surface area (TPSA) is 103 Å². The first-order valence-corrected chi connectivity index (χ1v) is 13.5. The zero-order valence-corrected chi connectivity index (χ0v) is 22.8. The quantitative estimate of drug-likeness (QED) is 0.182. The van der Waals surface area contributed by atoms with Crippen LogP contribution in [0.1, 0.15) is 29.3 Å². The molecule has 40 heavy (non-hydrogen) atoms. The predicted molar refractivity (Wildman–Crippen MR) is 159 cm³/mol. The van der Waals surface area contributed by atoms with Crippen molar-refractivity contribution < 1.29 is 9.21 Å². The molecule has 2 N–H and O–H groups in total. The van der Waals surface area contributed by atoms with Gasteiger partial charge in [0.05, 0.1) is 29.8 Å². The smallest absolute Gasteiger partial charge is 0.261 e. The number of rotatable bonds is 7. The van der Waals surface area contributed by atoms with Crippen LogP contribution < -0.4 is 11.0 Å². The molecule has 1 aliphatic heterocycles. The van der Waals surface area contributed by atoms with Gasteiger partial charge in [-0.3, -0.25) is 14.6 Å². The SMILES string of the molecule is O=C(CN1N=C(c2c(-c3ccccc3)c3cc(Br)ccc3[nH]c2=O)C[C@@H]1c1ccccc1)NN=Cc1ccco1. The summed E-state index contributed by atoms with van der Waals surface area (Å²) in [4.78, 5) is 29.6. The van der Waals surface area contributed by atoms with Crippen LogP contribution >= 0.6 is 15.9 Å². The van der Waals surface area contributed by atoms with E-state index in [4.69, 9.17) is 9.52 Å². The lowest BCUT2D eigenvalue weighted by Gasteiger charge is -2.22. The Morgan fingerprint density at radius 2 is 1.82 bits per heavy atom. The van der Waals surface area contributed by atoms with Crippen molar-refractivity contribution >= 4 is 44.7 Å². The molecule has 0 fully saturated rings. The van der Waals surface area contributed by atoms with Crippen molar-refractivity contribution in [2.75, 3.05) is 6.54 Å². The van der Waals surface area contributed by atoms with Crippen LogP contribution in [0.2, 0.25) is 0 Å². The zero-order valence-electron chi connectivity index (χ0n) is 21.3. The number of carbonyl (C=O) groups is 1. The highest BCUT2D eigenvalue weighted by atomic mass is 79.9. The number of aromatic amines is 1. The van der Waals surface area contributed by atoms with E-state index in [2.05, 4.69) is 31.4 Å². The fourth-order valence-electron chi connectivity index (χ4n) is 4.98. The molecule has 3 heterocycles. The van der Waals surface area contributed by atoms with Crippen molar-refractivity contribution in [1.29, 1.82) is 0 Å². The molecule has 0 aliphatic carbocycles. The fourth-order valence-corrected chi connectivity index (χ4v) is 5.34. The Morgan fingerprint density at radius 1 is 1.05 bits per heavy atom. The molecule has 1 atom stereocenters.